The minimum absolute atomic E-state index is 0. The largest absolute Gasteiger partial charge is 2.00 e. The second kappa shape index (κ2) is 39.8. The molecule has 0 fully saturated rings. The molecule has 0 aromatic rings. The summed E-state index contributed by atoms with van der Waals surface area (Å²) in [5.41, 5.74) is 0. The van der Waals surface area contributed by atoms with Crippen LogP contribution in [0.2, 0.25) is 0 Å². The van der Waals surface area contributed by atoms with Crippen LogP contribution in [-0.4, -0.2) is 35.2 Å². The van der Waals surface area contributed by atoms with E-state index in [-0.39, 0.29) is 38.4 Å². The van der Waals surface area contributed by atoms with Crippen LogP contribution in [0, 0.1) is 0 Å². The molecular formula is H8NiO7S. The van der Waals surface area contributed by atoms with Gasteiger partial charge in [-0.05, 0) is 0 Å². The van der Waals surface area contributed by atoms with E-state index in [4.69, 9.17) is 13.3 Å². The Morgan fingerprint density at radius 3 is 0.889 bits per heavy atom. The quantitative estimate of drug-likeness (QED) is 0.289. The van der Waals surface area contributed by atoms with Crippen LogP contribution in [0.1, 0.15) is 0 Å². The van der Waals surface area contributed by atoms with Gasteiger partial charge in [-0.2, -0.15) is 0 Å². The topological polar surface area (TPSA) is 189 Å². The van der Waals surface area contributed by atoms with Crippen molar-refractivity contribution >= 4 is 11.4 Å². The van der Waals surface area contributed by atoms with Gasteiger partial charge in [0.1, 0.15) is 0 Å². The molecule has 0 rings (SSSR count). The van der Waals surface area contributed by atoms with Crippen LogP contribution in [0.4, 0.5) is 0 Å². The number of hydrogen-bond donors (Lipinski definition) is 0. The molecule has 0 bridgehead atoms. The molecule has 9 heteroatoms. The van der Waals surface area contributed by atoms with Crippen molar-refractivity contribution in [3.05, 3.63) is 0 Å². The Balaban J connectivity index is -0.00000000450. The fraction of sp³-hybridized carbons (Fsp3) is 0. The van der Waals surface area contributed by atoms with Gasteiger partial charge in [0.25, 0.3) is 0 Å². The van der Waals surface area contributed by atoms with E-state index in [0.29, 0.717) is 0 Å². The van der Waals surface area contributed by atoms with Crippen molar-refractivity contribution in [2.45, 2.75) is 0 Å². The monoisotopic (exact) mass is 210 g/mol. The van der Waals surface area contributed by atoms with Crippen molar-refractivity contribution in [2.24, 2.45) is 0 Å². The molecule has 0 aliphatic rings. The maximum absolute atomic E-state index is 8.44. The van der Waals surface area contributed by atoms with Crippen molar-refractivity contribution in [1.82, 2.24) is 0 Å². The third kappa shape index (κ3) is 2120. The summed E-state index contributed by atoms with van der Waals surface area (Å²) in [5.74, 6) is 0. The fourth-order valence-electron chi connectivity index (χ4n) is 0. The first-order valence-electron chi connectivity index (χ1n) is 0.500. The van der Waals surface area contributed by atoms with Gasteiger partial charge in [0.05, 0.1) is 0 Å². The van der Waals surface area contributed by atoms with Crippen molar-refractivity contribution < 1.29 is 51.7 Å². The fourth-order valence-corrected chi connectivity index (χ4v) is 0. The Hall–Kier alpha value is 0.404. The summed E-state index contributed by atoms with van der Waals surface area (Å²) in [6.45, 7) is 0. The molecule has 8 N–H and O–H groups in total. The molecule has 0 spiro atoms. The average molecular weight is 211 g/mol. The Kier molecular flexibility index (Phi) is 253. The molecule has 0 radical (unpaired) electrons. The summed E-state index contributed by atoms with van der Waals surface area (Å²) in [6, 6.07) is 0. The van der Waals surface area contributed by atoms with Crippen LogP contribution in [0.25, 0.3) is 0 Å². The van der Waals surface area contributed by atoms with E-state index in [1.54, 1.807) is 0 Å². The Morgan fingerprint density at radius 2 is 0.889 bits per heavy atom. The van der Waals surface area contributed by atoms with E-state index in [0.717, 1.165) is 0 Å². The summed E-state index contributed by atoms with van der Waals surface area (Å²) in [4.78, 5) is 0. The van der Waals surface area contributed by atoms with Gasteiger partial charge in [0, 0.05) is 0 Å². The summed E-state index contributed by atoms with van der Waals surface area (Å²) in [7, 11) is 0. The van der Waals surface area contributed by atoms with E-state index >= 15 is 0 Å². The standard InChI is InChI=1S/Ni.H2O3S.4H2O/c;1-4(2)3;;;;/h;(H2,1,2,3);4*1H2/q+2;;;;;/p-2. The normalized spacial score (nSPS) is 3.89. The van der Waals surface area contributed by atoms with Gasteiger partial charge in [0.2, 0.25) is 0 Å². The predicted molar refractivity (Wildman–Crippen MR) is 24.2 cm³/mol. The van der Waals surface area contributed by atoms with Gasteiger partial charge in [-0.3, -0.25) is 4.21 Å². The van der Waals surface area contributed by atoms with Gasteiger partial charge in [-0.1, -0.05) is 0 Å². The van der Waals surface area contributed by atoms with Crippen LogP contribution in [0.5, 0.6) is 0 Å². The van der Waals surface area contributed by atoms with Crippen molar-refractivity contribution in [2.75, 3.05) is 0 Å². The zero-order chi connectivity index (χ0) is 3.58. The molecule has 0 aliphatic carbocycles. The van der Waals surface area contributed by atoms with Gasteiger partial charge in [-0.25, -0.2) is 0 Å². The number of rotatable bonds is 0. The molecule has 9 heavy (non-hydrogen) atoms. The van der Waals surface area contributed by atoms with E-state index in [1.165, 1.54) is 0 Å². The third-order valence-electron chi connectivity index (χ3n) is 0. The number of hydrogen-bond acceptors (Lipinski definition) is 3. The molecule has 0 saturated heterocycles. The molecule has 0 heterocycles. The molecule has 66 valence electrons. The average Bonchev–Trinajstić information content (AvgIpc) is 0.811. The zero-order valence-corrected chi connectivity index (χ0v) is 5.75. The molecule has 7 nitrogen and oxygen atoms in total. The molecular weight excluding hydrogens is 203 g/mol. The van der Waals surface area contributed by atoms with E-state index in [2.05, 4.69) is 0 Å². The first kappa shape index (κ1) is 57.3. The maximum Gasteiger partial charge on any atom is 2.00 e. The molecule has 0 aromatic heterocycles. The summed E-state index contributed by atoms with van der Waals surface area (Å²) >= 11 is -3.11. The minimum atomic E-state index is -3.11. The smallest absolute Gasteiger partial charge is 0.784 e. The molecule has 0 atom stereocenters. The van der Waals surface area contributed by atoms with E-state index < -0.39 is 11.4 Å². The van der Waals surface area contributed by atoms with Crippen LogP contribution in [0.3, 0.4) is 0 Å². The summed E-state index contributed by atoms with van der Waals surface area (Å²) < 4.78 is 25.3. The predicted octanol–water partition coefficient (Wildman–Crippen LogP) is -4.31. The van der Waals surface area contributed by atoms with Crippen LogP contribution >= 0.6 is 0 Å². The minimum Gasteiger partial charge on any atom is -0.784 e. The summed E-state index contributed by atoms with van der Waals surface area (Å²) in [5, 5.41) is 0. The Morgan fingerprint density at radius 1 is 0.889 bits per heavy atom. The summed E-state index contributed by atoms with van der Waals surface area (Å²) in [6.07, 6.45) is 0. The van der Waals surface area contributed by atoms with Crippen LogP contribution in [0.15, 0.2) is 0 Å². The van der Waals surface area contributed by atoms with Crippen LogP contribution < -0.4 is 0 Å². The molecule has 0 amide bonds. The molecule has 0 aromatic carbocycles. The second-order valence-corrected chi connectivity index (χ2v) is 0.612. The SMILES string of the molecule is O.O.O.O.O=S([O-])[O-].[Ni+2]. The first-order chi connectivity index (χ1) is 1.73. The molecule has 0 saturated carbocycles. The van der Waals surface area contributed by atoms with Gasteiger partial charge in [-0.15, -0.1) is 11.4 Å². The van der Waals surface area contributed by atoms with Crippen molar-refractivity contribution in [3.8, 4) is 0 Å². The van der Waals surface area contributed by atoms with Gasteiger partial charge in [0.15, 0.2) is 0 Å². The van der Waals surface area contributed by atoms with Crippen molar-refractivity contribution in [3.63, 3.8) is 0 Å². The maximum atomic E-state index is 8.44. The van der Waals surface area contributed by atoms with Crippen LogP contribution in [-0.2, 0) is 27.9 Å². The van der Waals surface area contributed by atoms with E-state index in [1.807, 2.05) is 0 Å². The molecule has 0 unspecified atom stereocenters. The first-order valence-corrected chi connectivity index (χ1v) is 1.50. The Bertz CT molecular complexity index is 31.9. The van der Waals surface area contributed by atoms with E-state index in [9.17, 15) is 0 Å². The van der Waals surface area contributed by atoms with Gasteiger partial charge < -0.3 is 31.0 Å². The zero-order valence-electron chi connectivity index (χ0n) is 3.95. The molecule has 0 aliphatic heterocycles. The van der Waals surface area contributed by atoms with Crippen molar-refractivity contribution in [1.29, 1.82) is 0 Å². The Labute approximate surface area is 63.7 Å². The second-order valence-electron chi connectivity index (χ2n) is 0.204. The third-order valence-corrected chi connectivity index (χ3v) is 0. The van der Waals surface area contributed by atoms with Gasteiger partial charge >= 0.3 is 16.5 Å².